The van der Waals surface area contributed by atoms with Gasteiger partial charge in [-0.05, 0) is 55.3 Å². The second-order valence-corrected chi connectivity index (χ2v) is 9.49. The maximum atomic E-state index is 12.6. The van der Waals surface area contributed by atoms with Crippen molar-refractivity contribution in [2.75, 3.05) is 7.11 Å². The number of hydrogen-bond donors (Lipinski definition) is 0. The van der Waals surface area contributed by atoms with E-state index in [1.54, 1.807) is 7.11 Å². The monoisotopic (exact) mass is 360 g/mol. The molecule has 3 fully saturated rings. The molecule has 2 unspecified atom stereocenters. The first-order chi connectivity index (χ1) is 12.3. The summed E-state index contributed by atoms with van der Waals surface area (Å²) < 4.78 is 11.5. The van der Waals surface area contributed by atoms with Gasteiger partial charge in [-0.3, -0.25) is 9.59 Å². The summed E-state index contributed by atoms with van der Waals surface area (Å²) in [6.45, 7) is 6.11. The summed E-state index contributed by atoms with van der Waals surface area (Å²) in [7, 11) is 1.80. The van der Waals surface area contributed by atoms with Crippen LogP contribution in [0, 0.1) is 28.6 Å². The topological polar surface area (TPSA) is 52.6 Å². The molecular weight excluding hydrogens is 328 g/mol. The Morgan fingerprint density at radius 3 is 2.50 bits per heavy atom. The van der Waals surface area contributed by atoms with E-state index in [1.807, 2.05) is 0 Å². The summed E-state index contributed by atoms with van der Waals surface area (Å²) in [5.41, 5.74) is 1.42. The summed E-state index contributed by atoms with van der Waals surface area (Å²) >= 11 is 0. The minimum Gasteiger partial charge on any atom is -0.462 e. The van der Waals surface area contributed by atoms with Crippen molar-refractivity contribution < 1.29 is 19.1 Å². The van der Waals surface area contributed by atoms with E-state index in [1.165, 1.54) is 12.5 Å². The number of Topliss-reactive ketones (excluding diaryl/α,β-unsaturated/α-hetero) is 1. The molecule has 0 amide bonds. The van der Waals surface area contributed by atoms with E-state index < -0.39 is 0 Å². The molecule has 0 bridgehead atoms. The second kappa shape index (κ2) is 6.19. The number of carbonyl (C=O) groups is 2. The van der Waals surface area contributed by atoms with Gasteiger partial charge in [0.05, 0.1) is 6.10 Å². The Morgan fingerprint density at radius 1 is 1.12 bits per heavy atom. The van der Waals surface area contributed by atoms with Crippen LogP contribution in [0.4, 0.5) is 0 Å². The van der Waals surface area contributed by atoms with E-state index in [0.717, 1.165) is 44.9 Å². The van der Waals surface area contributed by atoms with Gasteiger partial charge in [0.15, 0.2) is 0 Å². The zero-order valence-electron chi connectivity index (χ0n) is 16.5. The Bertz CT molecular complexity index is 653. The lowest BCUT2D eigenvalue weighted by molar-refractivity contribution is -0.149. The third-order valence-corrected chi connectivity index (χ3v) is 8.38. The molecule has 7 atom stereocenters. The fourth-order valence-electron chi connectivity index (χ4n) is 6.92. The second-order valence-electron chi connectivity index (χ2n) is 9.49. The van der Waals surface area contributed by atoms with Gasteiger partial charge in [-0.15, -0.1) is 0 Å². The van der Waals surface area contributed by atoms with Crippen LogP contribution in [0.1, 0.15) is 65.7 Å². The largest absolute Gasteiger partial charge is 0.462 e. The molecule has 4 heteroatoms. The van der Waals surface area contributed by atoms with E-state index in [2.05, 4.69) is 19.9 Å². The third kappa shape index (κ3) is 2.51. The Morgan fingerprint density at radius 2 is 1.81 bits per heavy atom. The molecule has 0 aromatic heterocycles. The average molecular weight is 360 g/mol. The molecule has 0 N–H and O–H groups in total. The molecule has 144 valence electrons. The number of methoxy groups -OCH3 is 1. The quantitative estimate of drug-likeness (QED) is 0.550. The van der Waals surface area contributed by atoms with Crippen LogP contribution in [0.25, 0.3) is 0 Å². The Labute approximate surface area is 156 Å². The lowest BCUT2D eigenvalue weighted by Gasteiger charge is -2.58. The molecule has 26 heavy (non-hydrogen) atoms. The van der Waals surface area contributed by atoms with Crippen molar-refractivity contribution in [1.29, 1.82) is 0 Å². The highest BCUT2D eigenvalue weighted by Gasteiger charge is 2.61. The highest BCUT2D eigenvalue weighted by Crippen LogP contribution is 2.64. The van der Waals surface area contributed by atoms with E-state index in [0.29, 0.717) is 23.5 Å². The minimum atomic E-state index is -0.186. The summed E-state index contributed by atoms with van der Waals surface area (Å²) in [6, 6.07) is 0. The fraction of sp³-hybridized carbons (Fsp3) is 0.818. The molecule has 4 aliphatic carbocycles. The Balaban J connectivity index is 1.68. The third-order valence-electron chi connectivity index (χ3n) is 8.38. The molecule has 3 saturated carbocycles. The maximum Gasteiger partial charge on any atom is 0.302 e. The van der Waals surface area contributed by atoms with Gasteiger partial charge >= 0.3 is 5.97 Å². The van der Waals surface area contributed by atoms with Crippen LogP contribution in [0.3, 0.4) is 0 Å². The molecule has 0 saturated heterocycles. The first kappa shape index (κ1) is 18.2. The van der Waals surface area contributed by atoms with Crippen LogP contribution in [-0.4, -0.2) is 31.1 Å². The smallest absolute Gasteiger partial charge is 0.302 e. The van der Waals surface area contributed by atoms with Crippen molar-refractivity contribution in [2.24, 2.45) is 28.6 Å². The molecule has 4 rings (SSSR count). The van der Waals surface area contributed by atoms with Crippen LogP contribution < -0.4 is 0 Å². The average Bonchev–Trinajstić information content (AvgIpc) is 2.89. The molecule has 0 aromatic carbocycles. The van der Waals surface area contributed by atoms with Crippen LogP contribution in [0.15, 0.2) is 11.6 Å². The Kier molecular flexibility index (Phi) is 4.33. The number of esters is 1. The van der Waals surface area contributed by atoms with Crippen molar-refractivity contribution in [3.8, 4) is 0 Å². The number of rotatable bonds is 2. The van der Waals surface area contributed by atoms with Gasteiger partial charge in [-0.25, -0.2) is 0 Å². The minimum absolute atomic E-state index is 0.00259. The van der Waals surface area contributed by atoms with Crippen LogP contribution in [0.5, 0.6) is 0 Å². The van der Waals surface area contributed by atoms with Gasteiger partial charge in [0.1, 0.15) is 11.9 Å². The predicted octanol–water partition coefficient (Wildman–Crippen LogP) is 4.07. The lowest BCUT2D eigenvalue weighted by Crippen LogP contribution is -2.55. The van der Waals surface area contributed by atoms with Crippen molar-refractivity contribution in [3.05, 3.63) is 11.6 Å². The fourth-order valence-corrected chi connectivity index (χ4v) is 6.92. The van der Waals surface area contributed by atoms with Gasteiger partial charge in [-0.2, -0.15) is 0 Å². The summed E-state index contributed by atoms with van der Waals surface area (Å²) in [4.78, 5) is 24.0. The number of ether oxygens (including phenoxy) is 2. The van der Waals surface area contributed by atoms with E-state index in [4.69, 9.17) is 9.47 Å². The lowest BCUT2D eigenvalue weighted by atomic mass is 9.47. The molecule has 0 radical (unpaired) electrons. The SMILES string of the molecule is COC1C=C2CC(OC(C)=O)CC[C@]2(C)[C@@H]2CC[C@]3(C)C(=O)CC[C@H]3[C@H]12. The van der Waals surface area contributed by atoms with Crippen molar-refractivity contribution in [3.63, 3.8) is 0 Å². The number of fused-ring (bicyclic) bond motifs is 5. The molecule has 0 spiro atoms. The highest BCUT2D eigenvalue weighted by molar-refractivity contribution is 5.87. The standard InChI is InChI=1S/C22H32O4/c1-13(23)26-15-7-9-21(2)14(11-15)12-18(25-4)20-16-5-6-19(24)22(16,3)10-8-17(20)21/h12,15-18,20H,5-11H2,1-4H3/t15?,16-,17+,18?,20-,21-,22-/m0/s1. The van der Waals surface area contributed by atoms with Gasteiger partial charge in [0.2, 0.25) is 0 Å². The predicted molar refractivity (Wildman–Crippen MR) is 98.4 cm³/mol. The maximum absolute atomic E-state index is 12.6. The van der Waals surface area contributed by atoms with Gasteiger partial charge in [0, 0.05) is 32.3 Å². The highest BCUT2D eigenvalue weighted by atomic mass is 16.5. The van der Waals surface area contributed by atoms with Crippen LogP contribution >= 0.6 is 0 Å². The summed E-state index contributed by atoms with van der Waals surface area (Å²) in [5.74, 6) is 1.72. The first-order valence-corrected chi connectivity index (χ1v) is 10.2. The van der Waals surface area contributed by atoms with Crippen LogP contribution in [0.2, 0.25) is 0 Å². The molecule has 0 aliphatic heterocycles. The van der Waals surface area contributed by atoms with E-state index >= 15 is 0 Å². The molecule has 4 aliphatic rings. The molecule has 0 aromatic rings. The summed E-state index contributed by atoms with van der Waals surface area (Å²) in [5, 5.41) is 0. The normalized spacial score (nSPS) is 47.5. The van der Waals surface area contributed by atoms with Crippen molar-refractivity contribution in [2.45, 2.75) is 77.9 Å². The van der Waals surface area contributed by atoms with Crippen LogP contribution in [-0.2, 0) is 19.1 Å². The first-order valence-electron chi connectivity index (χ1n) is 10.2. The van der Waals surface area contributed by atoms with Crippen molar-refractivity contribution >= 4 is 11.8 Å². The number of hydrogen-bond acceptors (Lipinski definition) is 4. The van der Waals surface area contributed by atoms with E-state index in [-0.39, 0.29) is 29.0 Å². The van der Waals surface area contributed by atoms with Gasteiger partial charge in [-0.1, -0.05) is 25.5 Å². The van der Waals surface area contributed by atoms with Crippen molar-refractivity contribution in [1.82, 2.24) is 0 Å². The molecule has 4 nitrogen and oxygen atoms in total. The zero-order valence-corrected chi connectivity index (χ0v) is 16.5. The van der Waals surface area contributed by atoms with Gasteiger partial charge in [0.25, 0.3) is 0 Å². The number of ketones is 1. The molecular formula is C22H32O4. The summed E-state index contributed by atoms with van der Waals surface area (Å²) in [6.07, 6.45) is 9.12. The van der Waals surface area contributed by atoms with Gasteiger partial charge < -0.3 is 9.47 Å². The Hall–Kier alpha value is -1.16. The van der Waals surface area contributed by atoms with E-state index in [9.17, 15) is 9.59 Å². The number of carbonyl (C=O) groups excluding carboxylic acids is 2. The molecule has 0 heterocycles. The zero-order chi connectivity index (χ0) is 18.7.